The maximum Gasteiger partial charge on any atom is 0.213 e. The third-order valence-electron chi connectivity index (χ3n) is 4.58. The molecule has 1 saturated carbocycles. The molecule has 0 spiro atoms. The minimum absolute atomic E-state index is 0. The highest BCUT2D eigenvalue weighted by Gasteiger charge is 2.20. The highest BCUT2D eigenvalue weighted by atomic mass is 127. The minimum Gasteiger partial charge on any atom is -0.381 e. The van der Waals surface area contributed by atoms with Gasteiger partial charge in [-0.1, -0.05) is 0 Å². The summed E-state index contributed by atoms with van der Waals surface area (Å²) in [6, 6.07) is 0. The molecular weight excluding hydrogens is 495 g/mol. The van der Waals surface area contributed by atoms with Crippen molar-refractivity contribution in [3.8, 4) is 0 Å². The first-order valence-electron chi connectivity index (χ1n) is 10.3. The van der Waals surface area contributed by atoms with Gasteiger partial charge in [0.15, 0.2) is 5.96 Å². The first-order chi connectivity index (χ1) is 13.1. The molecule has 1 unspecified atom stereocenters. The predicted molar refractivity (Wildman–Crippen MR) is 123 cm³/mol. The fraction of sp³-hybridized carbons (Fsp3) is 0.944. The van der Waals surface area contributed by atoms with E-state index in [-0.39, 0.29) is 35.8 Å². The summed E-state index contributed by atoms with van der Waals surface area (Å²) in [5.41, 5.74) is 0. The molecule has 1 atom stereocenters. The quantitative estimate of drug-likeness (QED) is 0.144. The van der Waals surface area contributed by atoms with Crippen LogP contribution < -0.4 is 15.4 Å². The van der Waals surface area contributed by atoms with Gasteiger partial charge < -0.3 is 20.1 Å². The Morgan fingerprint density at radius 1 is 1.21 bits per heavy atom. The van der Waals surface area contributed by atoms with Crippen LogP contribution in [0.25, 0.3) is 0 Å². The standard InChI is InChI=1S/C18H36N4O4S.HI/c1-2-19-18(20-9-5-11-25-15-16-7-8-16)21-10-13-27(23,24)22-14-17-6-3-4-12-26-17;/h16-17,22H,2-15H2,1H3,(H2,19,20,21);1H. The van der Waals surface area contributed by atoms with E-state index in [4.69, 9.17) is 9.47 Å². The number of sulfonamides is 1. The molecule has 0 aromatic carbocycles. The molecule has 1 heterocycles. The molecule has 2 aliphatic rings. The normalized spacial score (nSPS) is 20.5. The molecule has 2 rings (SSSR count). The van der Waals surface area contributed by atoms with Crippen molar-refractivity contribution < 1.29 is 17.9 Å². The molecule has 28 heavy (non-hydrogen) atoms. The van der Waals surface area contributed by atoms with Crippen LogP contribution in [0, 0.1) is 5.92 Å². The summed E-state index contributed by atoms with van der Waals surface area (Å²) in [7, 11) is -3.32. The zero-order valence-corrected chi connectivity index (χ0v) is 20.1. The molecule has 0 aromatic heterocycles. The predicted octanol–water partition coefficient (Wildman–Crippen LogP) is 1.46. The largest absolute Gasteiger partial charge is 0.381 e. The van der Waals surface area contributed by atoms with Crippen molar-refractivity contribution in [1.82, 2.24) is 15.4 Å². The van der Waals surface area contributed by atoms with Gasteiger partial charge in [-0.25, -0.2) is 13.1 Å². The Balaban J connectivity index is 0.00000392. The number of hydrogen-bond acceptors (Lipinski definition) is 5. The number of hydrogen-bond donors (Lipinski definition) is 3. The number of aliphatic imine (C=N–C) groups is 1. The lowest BCUT2D eigenvalue weighted by Crippen LogP contribution is -2.42. The summed E-state index contributed by atoms with van der Waals surface area (Å²) in [6.07, 6.45) is 6.56. The number of halogens is 1. The van der Waals surface area contributed by atoms with E-state index in [0.29, 0.717) is 25.6 Å². The fourth-order valence-electron chi connectivity index (χ4n) is 2.80. The molecule has 3 N–H and O–H groups in total. The van der Waals surface area contributed by atoms with E-state index in [1.807, 2.05) is 6.92 Å². The van der Waals surface area contributed by atoms with Crippen LogP contribution in [-0.2, 0) is 19.5 Å². The number of nitrogens with one attached hydrogen (secondary N) is 3. The van der Waals surface area contributed by atoms with E-state index in [0.717, 1.165) is 58.0 Å². The Morgan fingerprint density at radius 2 is 2.04 bits per heavy atom. The fourth-order valence-corrected chi connectivity index (χ4v) is 3.75. The zero-order chi connectivity index (χ0) is 19.4. The molecule has 0 aromatic rings. The van der Waals surface area contributed by atoms with Crippen molar-refractivity contribution in [2.45, 2.75) is 51.6 Å². The van der Waals surface area contributed by atoms with Gasteiger partial charge in [-0.2, -0.15) is 0 Å². The van der Waals surface area contributed by atoms with Crippen LogP contribution in [0.2, 0.25) is 0 Å². The average Bonchev–Trinajstić information content (AvgIpc) is 3.48. The molecule has 2 fully saturated rings. The highest BCUT2D eigenvalue weighted by Crippen LogP contribution is 2.28. The molecule has 10 heteroatoms. The van der Waals surface area contributed by atoms with E-state index >= 15 is 0 Å². The third kappa shape index (κ3) is 12.4. The summed E-state index contributed by atoms with van der Waals surface area (Å²) in [4.78, 5) is 4.46. The van der Waals surface area contributed by atoms with Gasteiger partial charge in [0.25, 0.3) is 0 Å². The Kier molecular flexibility index (Phi) is 13.6. The van der Waals surface area contributed by atoms with E-state index in [2.05, 4.69) is 20.3 Å². The molecule has 1 saturated heterocycles. The third-order valence-corrected chi connectivity index (χ3v) is 5.93. The molecular formula is C18H37IN4O4S. The zero-order valence-electron chi connectivity index (χ0n) is 17.0. The molecule has 0 radical (unpaired) electrons. The maximum atomic E-state index is 12.1. The van der Waals surface area contributed by atoms with Crippen LogP contribution in [-0.4, -0.2) is 72.2 Å². The van der Waals surface area contributed by atoms with Crippen molar-refractivity contribution in [2.75, 3.05) is 51.8 Å². The van der Waals surface area contributed by atoms with Crippen LogP contribution in [0.4, 0.5) is 0 Å². The van der Waals surface area contributed by atoms with Crippen molar-refractivity contribution in [3.63, 3.8) is 0 Å². The van der Waals surface area contributed by atoms with Gasteiger partial charge in [0, 0.05) is 46.0 Å². The van der Waals surface area contributed by atoms with E-state index in [9.17, 15) is 8.42 Å². The Bertz CT molecular complexity index is 538. The van der Waals surface area contributed by atoms with Gasteiger partial charge in [0.05, 0.1) is 11.9 Å². The Labute approximate surface area is 187 Å². The Hall–Kier alpha value is -0.170. The van der Waals surface area contributed by atoms with Gasteiger partial charge in [-0.15, -0.1) is 24.0 Å². The van der Waals surface area contributed by atoms with E-state index < -0.39 is 10.0 Å². The summed E-state index contributed by atoms with van der Waals surface area (Å²) >= 11 is 0. The van der Waals surface area contributed by atoms with Gasteiger partial charge in [-0.3, -0.25) is 4.99 Å². The van der Waals surface area contributed by atoms with Gasteiger partial charge >= 0.3 is 0 Å². The monoisotopic (exact) mass is 532 g/mol. The van der Waals surface area contributed by atoms with Crippen LogP contribution in [0.15, 0.2) is 4.99 Å². The van der Waals surface area contributed by atoms with Gasteiger partial charge in [0.1, 0.15) is 0 Å². The lowest BCUT2D eigenvalue weighted by Gasteiger charge is -2.22. The highest BCUT2D eigenvalue weighted by molar-refractivity contribution is 14.0. The summed E-state index contributed by atoms with van der Waals surface area (Å²) < 4.78 is 38.0. The molecule has 0 bridgehead atoms. The van der Waals surface area contributed by atoms with Crippen molar-refractivity contribution in [3.05, 3.63) is 0 Å². The van der Waals surface area contributed by atoms with E-state index in [1.54, 1.807) is 0 Å². The SMILES string of the molecule is CCNC(=NCCCOCC1CC1)NCCS(=O)(=O)NCC1CCCCO1.I. The smallest absolute Gasteiger partial charge is 0.213 e. The maximum absolute atomic E-state index is 12.1. The van der Waals surface area contributed by atoms with Crippen molar-refractivity contribution in [2.24, 2.45) is 10.9 Å². The van der Waals surface area contributed by atoms with Crippen LogP contribution in [0.1, 0.15) is 45.4 Å². The Morgan fingerprint density at radius 3 is 2.71 bits per heavy atom. The molecule has 1 aliphatic carbocycles. The second-order valence-corrected chi connectivity index (χ2v) is 9.14. The number of rotatable bonds is 13. The summed E-state index contributed by atoms with van der Waals surface area (Å²) in [6.45, 7) is 6.36. The summed E-state index contributed by atoms with van der Waals surface area (Å²) in [5.74, 6) is 1.44. The second kappa shape index (κ2) is 14.8. The minimum atomic E-state index is -3.32. The number of guanidine groups is 1. The summed E-state index contributed by atoms with van der Waals surface area (Å²) in [5, 5.41) is 6.22. The number of nitrogens with zero attached hydrogens (tertiary/aromatic N) is 1. The average molecular weight is 532 g/mol. The molecule has 0 amide bonds. The van der Waals surface area contributed by atoms with Crippen molar-refractivity contribution >= 4 is 40.0 Å². The van der Waals surface area contributed by atoms with Crippen molar-refractivity contribution in [1.29, 1.82) is 0 Å². The van der Waals surface area contributed by atoms with Gasteiger partial charge in [0.2, 0.25) is 10.0 Å². The molecule has 166 valence electrons. The second-order valence-electron chi connectivity index (χ2n) is 7.22. The lowest BCUT2D eigenvalue weighted by molar-refractivity contribution is 0.0200. The van der Waals surface area contributed by atoms with E-state index in [1.165, 1.54) is 12.8 Å². The number of ether oxygens (including phenoxy) is 2. The first-order valence-corrected chi connectivity index (χ1v) is 11.9. The lowest BCUT2D eigenvalue weighted by atomic mass is 10.1. The first kappa shape index (κ1) is 25.9. The van der Waals surface area contributed by atoms with Crippen LogP contribution in [0.5, 0.6) is 0 Å². The molecule has 1 aliphatic heterocycles. The topological polar surface area (TPSA) is 101 Å². The van der Waals surface area contributed by atoms with Crippen LogP contribution in [0.3, 0.4) is 0 Å². The molecule has 8 nitrogen and oxygen atoms in total. The van der Waals surface area contributed by atoms with Gasteiger partial charge in [-0.05, 0) is 51.4 Å². The van der Waals surface area contributed by atoms with Crippen LogP contribution >= 0.6 is 24.0 Å².